The summed E-state index contributed by atoms with van der Waals surface area (Å²) in [5, 5.41) is 13.3. The Kier molecular flexibility index (Phi) is 4.83. The molecule has 4 N–H and O–H groups in total. The van der Waals surface area contributed by atoms with Crippen molar-refractivity contribution in [3.63, 3.8) is 0 Å². The minimum atomic E-state index is -0.300. The lowest BCUT2D eigenvalue weighted by Crippen LogP contribution is -2.46. The first-order valence-electron chi connectivity index (χ1n) is 7.44. The highest BCUT2D eigenvalue weighted by Crippen LogP contribution is 2.40. The molecule has 0 heterocycles. The minimum absolute atomic E-state index is 0.102. The van der Waals surface area contributed by atoms with Gasteiger partial charge in [0, 0.05) is 12.1 Å². The van der Waals surface area contributed by atoms with E-state index in [1.54, 1.807) is 20.3 Å². The van der Waals surface area contributed by atoms with Crippen LogP contribution in [0.25, 0.3) is 0 Å². The van der Waals surface area contributed by atoms with Crippen molar-refractivity contribution in [1.29, 1.82) is 0 Å². The maximum absolute atomic E-state index is 9.88. The van der Waals surface area contributed by atoms with Crippen molar-refractivity contribution in [2.24, 2.45) is 5.92 Å². The summed E-state index contributed by atoms with van der Waals surface area (Å²) in [6.07, 6.45) is 4.21. The zero-order valence-electron chi connectivity index (χ0n) is 13.1. The van der Waals surface area contributed by atoms with E-state index in [-0.39, 0.29) is 12.1 Å². The molecular weight excluding hydrogens is 268 g/mol. The summed E-state index contributed by atoms with van der Waals surface area (Å²) in [6, 6.07) is 3.59. The smallest absolute Gasteiger partial charge is 0.162 e. The van der Waals surface area contributed by atoms with E-state index in [2.05, 4.69) is 12.2 Å². The first kappa shape index (κ1) is 15.8. The highest BCUT2D eigenvalue weighted by Gasteiger charge is 2.34. The number of methoxy groups -OCH3 is 2. The average Bonchev–Trinajstić information content (AvgIpc) is 2.49. The highest BCUT2D eigenvalue weighted by molar-refractivity contribution is 5.72. The molecule has 0 spiro atoms. The van der Waals surface area contributed by atoms with E-state index in [1.807, 2.05) is 6.07 Å². The van der Waals surface area contributed by atoms with Crippen molar-refractivity contribution >= 4 is 11.4 Å². The van der Waals surface area contributed by atoms with Gasteiger partial charge in [0.2, 0.25) is 0 Å². The minimum Gasteiger partial charge on any atom is -0.493 e. The Morgan fingerprint density at radius 3 is 2.57 bits per heavy atom. The monoisotopic (exact) mass is 294 g/mol. The molecule has 0 aromatic heterocycles. The van der Waals surface area contributed by atoms with Crippen molar-refractivity contribution in [1.82, 2.24) is 0 Å². The van der Waals surface area contributed by atoms with E-state index >= 15 is 0 Å². The Morgan fingerprint density at radius 1 is 1.33 bits per heavy atom. The molecule has 0 amide bonds. The summed E-state index contributed by atoms with van der Waals surface area (Å²) in [5.74, 6) is 1.83. The zero-order valence-corrected chi connectivity index (χ0v) is 13.1. The van der Waals surface area contributed by atoms with E-state index in [1.165, 1.54) is 6.42 Å². The van der Waals surface area contributed by atoms with Gasteiger partial charge in [-0.15, -0.1) is 0 Å². The second-order valence-corrected chi connectivity index (χ2v) is 6.06. The first-order chi connectivity index (χ1) is 10.0. The average molecular weight is 294 g/mol. The number of aliphatic hydroxyl groups excluding tert-OH is 1. The van der Waals surface area contributed by atoms with Crippen LogP contribution in [-0.4, -0.2) is 31.5 Å². The van der Waals surface area contributed by atoms with E-state index in [9.17, 15) is 5.11 Å². The maximum atomic E-state index is 9.88. The van der Waals surface area contributed by atoms with Crippen molar-refractivity contribution < 1.29 is 14.6 Å². The van der Waals surface area contributed by atoms with Gasteiger partial charge in [-0.05, 0) is 18.8 Å². The van der Waals surface area contributed by atoms with E-state index in [0.717, 1.165) is 24.9 Å². The van der Waals surface area contributed by atoms with Crippen LogP contribution in [0.1, 0.15) is 32.6 Å². The largest absolute Gasteiger partial charge is 0.493 e. The van der Waals surface area contributed by atoms with Gasteiger partial charge in [-0.2, -0.15) is 0 Å². The molecule has 5 heteroatoms. The summed E-state index contributed by atoms with van der Waals surface area (Å²) in [7, 11) is 3.19. The summed E-state index contributed by atoms with van der Waals surface area (Å²) in [6.45, 7) is 2.33. The molecule has 2 rings (SSSR count). The highest BCUT2D eigenvalue weighted by atomic mass is 16.5. The second-order valence-electron chi connectivity index (χ2n) is 6.06. The van der Waals surface area contributed by atoms with Gasteiger partial charge in [-0.25, -0.2) is 0 Å². The quantitative estimate of drug-likeness (QED) is 0.728. The predicted molar refractivity (Wildman–Crippen MR) is 85.0 cm³/mol. The van der Waals surface area contributed by atoms with Crippen LogP contribution in [0.5, 0.6) is 11.5 Å². The Hall–Kier alpha value is -1.62. The molecule has 1 aliphatic carbocycles. The molecule has 21 heavy (non-hydrogen) atoms. The molecule has 0 aliphatic heterocycles. The van der Waals surface area contributed by atoms with Gasteiger partial charge in [-0.1, -0.05) is 19.8 Å². The van der Waals surface area contributed by atoms with Crippen LogP contribution >= 0.6 is 0 Å². The molecule has 0 saturated heterocycles. The van der Waals surface area contributed by atoms with Crippen LogP contribution in [0.3, 0.4) is 0 Å². The summed E-state index contributed by atoms with van der Waals surface area (Å²) in [4.78, 5) is 0. The van der Waals surface area contributed by atoms with Gasteiger partial charge in [0.1, 0.15) is 0 Å². The van der Waals surface area contributed by atoms with Crippen LogP contribution in [-0.2, 0) is 0 Å². The Labute approximate surface area is 126 Å². The van der Waals surface area contributed by atoms with Crippen molar-refractivity contribution in [3.05, 3.63) is 12.1 Å². The van der Waals surface area contributed by atoms with Crippen molar-refractivity contribution in [2.75, 3.05) is 31.9 Å². The van der Waals surface area contributed by atoms with Gasteiger partial charge < -0.3 is 25.6 Å². The summed E-state index contributed by atoms with van der Waals surface area (Å²) >= 11 is 0. The number of aliphatic hydroxyl groups is 1. The molecule has 2 atom stereocenters. The van der Waals surface area contributed by atoms with Crippen molar-refractivity contribution in [3.8, 4) is 11.5 Å². The number of rotatable bonds is 5. The Bertz CT molecular complexity index is 493. The van der Waals surface area contributed by atoms with Gasteiger partial charge in [0.05, 0.1) is 37.7 Å². The molecule has 1 fully saturated rings. The van der Waals surface area contributed by atoms with Crippen LogP contribution in [0.4, 0.5) is 11.4 Å². The van der Waals surface area contributed by atoms with Crippen LogP contribution in [0.2, 0.25) is 0 Å². The molecule has 5 nitrogen and oxygen atoms in total. The fraction of sp³-hybridized carbons (Fsp3) is 0.625. The normalized spacial score (nSPS) is 25.4. The van der Waals surface area contributed by atoms with Crippen LogP contribution < -0.4 is 20.5 Å². The molecule has 1 aromatic rings. The van der Waals surface area contributed by atoms with Gasteiger partial charge in [-0.3, -0.25) is 0 Å². The lowest BCUT2D eigenvalue weighted by Gasteiger charge is -2.40. The maximum Gasteiger partial charge on any atom is 0.162 e. The molecule has 0 radical (unpaired) electrons. The SMILES string of the molecule is COc1cc(N)c(NC2(CO)CCCC(C)C2)cc1OC. The molecule has 2 unspecified atom stereocenters. The molecule has 0 bridgehead atoms. The molecular formula is C16H26N2O3. The van der Waals surface area contributed by atoms with Gasteiger partial charge in [0.25, 0.3) is 0 Å². The third-order valence-electron chi connectivity index (χ3n) is 4.35. The Morgan fingerprint density at radius 2 is 2.00 bits per heavy atom. The third-order valence-corrected chi connectivity index (χ3v) is 4.35. The Balaban J connectivity index is 2.29. The predicted octanol–water partition coefficient (Wildman–Crippen LogP) is 2.64. The number of nitrogen functional groups attached to an aromatic ring is 1. The number of hydrogen-bond donors (Lipinski definition) is 3. The van der Waals surface area contributed by atoms with Crippen LogP contribution in [0.15, 0.2) is 12.1 Å². The number of nitrogens with two attached hydrogens (primary N) is 1. The number of anilines is 2. The van der Waals surface area contributed by atoms with E-state index < -0.39 is 0 Å². The molecule has 1 aliphatic rings. The molecule has 118 valence electrons. The van der Waals surface area contributed by atoms with E-state index in [0.29, 0.717) is 23.1 Å². The lowest BCUT2D eigenvalue weighted by atomic mass is 9.76. The second kappa shape index (κ2) is 6.43. The number of hydrogen-bond acceptors (Lipinski definition) is 5. The topological polar surface area (TPSA) is 76.7 Å². The first-order valence-corrected chi connectivity index (χ1v) is 7.44. The number of nitrogens with one attached hydrogen (secondary N) is 1. The number of ether oxygens (including phenoxy) is 2. The fourth-order valence-corrected chi connectivity index (χ4v) is 3.25. The lowest BCUT2D eigenvalue weighted by molar-refractivity contribution is 0.149. The third kappa shape index (κ3) is 3.35. The summed E-state index contributed by atoms with van der Waals surface area (Å²) < 4.78 is 10.6. The molecule has 1 saturated carbocycles. The fourth-order valence-electron chi connectivity index (χ4n) is 3.25. The zero-order chi connectivity index (χ0) is 15.5. The van der Waals surface area contributed by atoms with Crippen molar-refractivity contribution in [2.45, 2.75) is 38.1 Å². The standard InChI is InChI=1S/C16H26N2O3/c1-11-5-4-6-16(9-11,10-19)18-13-8-15(21-3)14(20-2)7-12(13)17/h7-8,11,18-19H,4-6,9-10,17H2,1-3H3. The van der Waals surface area contributed by atoms with Gasteiger partial charge >= 0.3 is 0 Å². The van der Waals surface area contributed by atoms with Gasteiger partial charge in [0.15, 0.2) is 11.5 Å². The number of benzene rings is 1. The van der Waals surface area contributed by atoms with E-state index in [4.69, 9.17) is 15.2 Å². The summed E-state index contributed by atoms with van der Waals surface area (Å²) in [5.41, 5.74) is 7.19. The van der Waals surface area contributed by atoms with Crippen LogP contribution in [0, 0.1) is 5.92 Å². The molecule has 1 aromatic carbocycles.